The van der Waals surface area contributed by atoms with E-state index in [1.54, 1.807) is 0 Å². The van der Waals surface area contributed by atoms with Crippen molar-refractivity contribution in [2.45, 2.75) is 57.5 Å². The highest BCUT2D eigenvalue weighted by Crippen LogP contribution is 2.31. The van der Waals surface area contributed by atoms with E-state index in [1.165, 1.54) is 32.1 Å². The van der Waals surface area contributed by atoms with Gasteiger partial charge in [0.15, 0.2) is 0 Å². The van der Waals surface area contributed by atoms with Gasteiger partial charge in [-0.05, 0) is 53.6 Å². The van der Waals surface area contributed by atoms with Crippen LogP contribution >= 0.6 is 27.5 Å². The number of rotatable bonds is 4. The molecule has 1 N–H and O–H groups in total. The second kappa shape index (κ2) is 8.04. The van der Waals surface area contributed by atoms with E-state index in [2.05, 4.69) is 21.2 Å². The van der Waals surface area contributed by atoms with E-state index in [0.29, 0.717) is 29.8 Å². The SMILES string of the molecule is O=C(NC1CCOCC1)c1cc(Br)n(CC2CCCCC2)c1Cl. The van der Waals surface area contributed by atoms with Crippen LogP contribution in [0.3, 0.4) is 0 Å². The van der Waals surface area contributed by atoms with E-state index in [4.69, 9.17) is 16.3 Å². The number of hydrogen-bond acceptors (Lipinski definition) is 2. The van der Waals surface area contributed by atoms with E-state index in [9.17, 15) is 4.79 Å². The molecule has 0 unspecified atom stereocenters. The van der Waals surface area contributed by atoms with Gasteiger partial charge >= 0.3 is 0 Å². The lowest BCUT2D eigenvalue weighted by molar-refractivity contribution is 0.0696. The summed E-state index contributed by atoms with van der Waals surface area (Å²) in [5.74, 6) is 0.585. The van der Waals surface area contributed by atoms with Crippen molar-refractivity contribution < 1.29 is 9.53 Å². The Kier molecular flexibility index (Phi) is 6.05. The number of halogens is 2. The van der Waals surface area contributed by atoms with Crippen LogP contribution in [-0.4, -0.2) is 29.7 Å². The van der Waals surface area contributed by atoms with Gasteiger partial charge < -0.3 is 14.6 Å². The second-order valence-corrected chi connectivity index (χ2v) is 7.82. The molecule has 0 aromatic carbocycles. The Bertz CT molecular complexity index is 549. The largest absolute Gasteiger partial charge is 0.381 e. The average molecular weight is 404 g/mol. The molecule has 2 fully saturated rings. The van der Waals surface area contributed by atoms with Crippen molar-refractivity contribution in [1.82, 2.24) is 9.88 Å². The fourth-order valence-corrected chi connectivity index (χ4v) is 4.51. The highest BCUT2D eigenvalue weighted by Gasteiger charge is 2.23. The summed E-state index contributed by atoms with van der Waals surface area (Å²) in [6.07, 6.45) is 8.20. The molecule has 1 saturated carbocycles. The summed E-state index contributed by atoms with van der Waals surface area (Å²) in [5.41, 5.74) is 0.570. The Labute approximate surface area is 151 Å². The van der Waals surface area contributed by atoms with Gasteiger partial charge in [0, 0.05) is 25.8 Å². The molecule has 2 aliphatic rings. The van der Waals surface area contributed by atoms with Crippen LogP contribution in [0.1, 0.15) is 55.3 Å². The number of nitrogens with one attached hydrogen (secondary N) is 1. The molecule has 1 amide bonds. The minimum absolute atomic E-state index is 0.0787. The molecule has 1 aliphatic heterocycles. The predicted molar refractivity (Wildman–Crippen MR) is 95.0 cm³/mol. The molecule has 1 saturated heterocycles. The summed E-state index contributed by atoms with van der Waals surface area (Å²) in [6.45, 7) is 2.32. The number of hydrogen-bond donors (Lipinski definition) is 1. The van der Waals surface area contributed by atoms with E-state index in [1.807, 2.05) is 10.6 Å². The fraction of sp³-hybridized carbons (Fsp3) is 0.706. The molecule has 0 atom stereocenters. The van der Waals surface area contributed by atoms with Gasteiger partial charge in [-0.1, -0.05) is 30.9 Å². The van der Waals surface area contributed by atoms with Gasteiger partial charge in [-0.2, -0.15) is 0 Å². The predicted octanol–water partition coefficient (Wildman–Crippen LogP) is 4.39. The monoisotopic (exact) mass is 402 g/mol. The maximum atomic E-state index is 12.5. The first-order valence-electron chi connectivity index (χ1n) is 8.58. The number of carbonyl (C=O) groups is 1. The van der Waals surface area contributed by atoms with Crippen LogP contribution in [0.2, 0.25) is 5.15 Å². The number of ether oxygens (including phenoxy) is 1. The molecule has 1 aliphatic carbocycles. The van der Waals surface area contributed by atoms with Crippen LogP contribution < -0.4 is 5.32 Å². The van der Waals surface area contributed by atoms with Gasteiger partial charge in [-0.3, -0.25) is 4.79 Å². The summed E-state index contributed by atoms with van der Waals surface area (Å²) < 4.78 is 8.26. The zero-order chi connectivity index (χ0) is 16.2. The van der Waals surface area contributed by atoms with Crippen molar-refractivity contribution >= 4 is 33.4 Å². The summed E-state index contributed by atoms with van der Waals surface area (Å²) in [4.78, 5) is 12.5. The maximum Gasteiger partial charge on any atom is 0.254 e. The van der Waals surface area contributed by atoms with Crippen LogP contribution in [0.4, 0.5) is 0 Å². The van der Waals surface area contributed by atoms with Crippen molar-refractivity contribution in [3.05, 3.63) is 21.4 Å². The van der Waals surface area contributed by atoms with E-state index < -0.39 is 0 Å². The maximum absolute atomic E-state index is 12.5. The fourth-order valence-electron chi connectivity index (χ4n) is 3.56. The molecular formula is C17H24BrClN2O2. The van der Waals surface area contributed by atoms with Crippen molar-refractivity contribution in [3.63, 3.8) is 0 Å². The van der Waals surface area contributed by atoms with Crippen molar-refractivity contribution in [1.29, 1.82) is 0 Å². The molecule has 4 nitrogen and oxygen atoms in total. The summed E-state index contributed by atoms with van der Waals surface area (Å²) >= 11 is 10.1. The standard InChI is InChI=1S/C17H24BrClN2O2/c18-15-10-14(17(22)20-13-6-8-23-9-7-13)16(19)21(15)11-12-4-2-1-3-5-12/h10,12-13H,1-9,11H2,(H,20,22). The van der Waals surface area contributed by atoms with Gasteiger partial charge in [0.25, 0.3) is 5.91 Å². The quantitative estimate of drug-likeness (QED) is 0.810. The van der Waals surface area contributed by atoms with Gasteiger partial charge in [0.05, 0.1) is 10.2 Å². The smallest absolute Gasteiger partial charge is 0.254 e. The summed E-state index contributed by atoms with van der Waals surface area (Å²) in [7, 11) is 0. The van der Waals surface area contributed by atoms with E-state index in [-0.39, 0.29) is 11.9 Å². The zero-order valence-corrected chi connectivity index (χ0v) is 15.7. The Morgan fingerprint density at radius 1 is 1.26 bits per heavy atom. The molecule has 0 spiro atoms. The minimum Gasteiger partial charge on any atom is -0.381 e. The summed E-state index contributed by atoms with van der Waals surface area (Å²) in [6, 6.07) is 2.03. The van der Waals surface area contributed by atoms with Gasteiger partial charge in [0.2, 0.25) is 0 Å². The number of carbonyl (C=O) groups excluding carboxylic acids is 1. The van der Waals surface area contributed by atoms with Crippen LogP contribution in [-0.2, 0) is 11.3 Å². The first kappa shape index (κ1) is 17.3. The highest BCUT2D eigenvalue weighted by molar-refractivity contribution is 9.10. The molecule has 23 heavy (non-hydrogen) atoms. The first-order chi connectivity index (χ1) is 11.1. The molecule has 3 rings (SSSR count). The molecule has 1 aromatic rings. The Morgan fingerprint density at radius 2 is 1.96 bits per heavy atom. The third-order valence-electron chi connectivity index (χ3n) is 4.95. The van der Waals surface area contributed by atoms with Crippen molar-refractivity contribution in [2.75, 3.05) is 13.2 Å². The number of amides is 1. The average Bonchev–Trinajstić information content (AvgIpc) is 2.85. The van der Waals surface area contributed by atoms with E-state index >= 15 is 0 Å². The minimum atomic E-state index is -0.0787. The van der Waals surface area contributed by atoms with Crippen LogP contribution in [0.5, 0.6) is 0 Å². The molecule has 1 aromatic heterocycles. The van der Waals surface area contributed by atoms with Crippen LogP contribution in [0, 0.1) is 5.92 Å². The third kappa shape index (κ3) is 4.31. The molecule has 2 heterocycles. The lowest BCUT2D eigenvalue weighted by Gasteiger charge is -2.23. The lowest BCUT2D eigenvalue weighted by atomic mass is 9.89. The summed E-state index contributed by atoms with van der Waals surface area (Å²) in [5, 5.41) is 3.63. The molecule has 0 radical (unpaired) electrons. The van der Waals surface area contributed by atoms with Gasteiger partial charge in [-0.25, -0.2) is 0 Å². The zero-order valence-electron chi connectivity index (χ0n) is 13.3. The normalized spacial score (nSPS) is 20.6. The number of nitrogens with zero attached hydrogens (tertiary/aromatic N) is 1. The van der Waals surface area contributed by atoms with E-state index in [0.717, 1.165) is 24.0 Å². The molecular weight excluding hydrogens is 380 g/mol. The highest BCUT2D eigenvalue weighted by atomic mass is 79.9. The third-order valence-corrected chi connectivity index (χ3v) is 6.01. The first-order valence-corrected chi connectivity index (χ1v) is 9.75. The van der Waals surface area contributed by atoms with Crippen LogP contribution in [0.25, 0.3) is 0 Å². The van der Waals surface area contributed by atoms with Crippen molar-refractivity contribution in [3.8, 4) is 0 Å². The molecule has 0 bridgehead atoms. The molecule has 128 valence electrons. The number of aromatic nitrogens is 1. The lowest BCUT2D eigenvalue weighted by Crippen LogP contribution is -2.38. The Morgan fingerprint density at radius 3 is 2.65 bits per heavy atom. The Hall–Kier alpha value is -0.520. The second-order valence-electron chi connectivity index (χ2n) is 6.65. The van der Waals surface area contributed by atoms with Gasteiger partial charge in [0.1, 0.15) is 5.15 Å². The Balaban J connectivity index is 1.67. The molecule has 6 heteroatoms. The van der Waals surface area contributed by atoms with Crippen LogP contribution in [0.15, 0.2) is 10.7 Å². The topological polar surface area (TPSA) is 43.3 Å². The van der Waals surface area contributed by atoms with Gasteiger partial charge in [-0.15, -0.1) is 0 Å². The van der Waals surface area contributed by atoms with Crippen molar-refractivity contribution in [2.24, 2.45) is 5.92 Å².